The van der Waals surface area contributed by atoms with Crippen molar-refractivity contribution in [2.45, 2.75) is 122 Å². The lowest BCUT2D eigenvalue weighted by Gasteiger charge is -2.20. The number of carbonyl (C=O) groups is 1. The SMILES string of the molecule is CC(c1cccc(O)c1)N(C)C.CC(c1cccc(OCCCN)c1)N(C)C.CC(c1cccc(OCCCNC(=O)CCCCC2CCSS2)c1)N(C)C.CCCCOc1cccc(C(C)N(C)C)c1.ClCCl. The van der Waals surface area contributed by atoms with Crippen molar-refractivity contribution in [2.24, 2.45) is 5.73 Å². The number of carbonyl (C=O) groups excluding carboxylic acids is 1. The van der Waals surface area contributed by atoms with Gasteiger partial charge in [0.25, 0.3) is 0 Å². The minimum Gasteiger partial charge on any atom is -0.508 e. The van der Waals surface area contributed by atoms with Gasteiger partial charge in [-0.05, 0) is 200 Å². The molecule has 1 heterocycles. The second-order valence-corrected chi connectivity index (χ2v) is 22.9. The van der Waals surface area contributed by atoms with E-state index >= 15 is 0 Å². The molecule has 5 rings (SSSR count). The molecule has 1 saturated heterocycles. The third kappa shape index (κ3) is 31.0. The van der Waals surface area contributed by atoms with Crippen molar-refractivity contribution < 1.29 is 24.1 Å². The Morgan fingerprint density at radius 3 is 1.42 bits per heavy atom. The van der Waals surface area contributed by atoms with Crippen molar-refractivity contribution in [1.82, 2.24) is 24.9 Å². The van der Waals surface area contributed by atoms with Gasteiger partial charge in [-0.1, -0.05) is 89.9 Å². The third-order valence-corrected chi connectivity index (χ3v) is 15.7. The first-order chi connectivity index (χ1) is 35.4. The number of phenolic OH excluding ortho intramolecular Hbond substituents is 1. The third-order valence-electron chi connectivity index (χ3n) is 12.7. The van der Waals surface area contributed by atoms with Crippen molar-refractivity contribution in [3.8, 4) is 23.0 Å². The summed E-state index contributed by atoms with van der Waals surface area (Å²) in [5.74, 6) is 4.61. The summed E-state index contributed by atoms with van der Waals surface area (Å²) >= 11 is 9.53. The molecule has 0 aliphatic carbocycles. The number of aromatic hydroxyl groups is 1. The Morgan fingerprint density at radius 2 is 1.04 bits per heavy atom. The predicted octanol–water partition coefficient (Wildman–Crippen LogP) is 13.9. The van der Waals surface area contributed by atoms with E-state index in [0.717, 1.165) is 66.8 Å². The van der Waals surface area contributed by atoms with E-state index in [1.165, 1.54) is 41.7 Å². The van der Waals surface area contributed by atoms with Crippen LogP contribution in [0, 0.1) is 0 Å². The van der Waals surface area contributed by atoms with Crippen molar-refractivity contribution in [3.05, 3.63) is 119 Å². The fourth-order valence-corrected chi connectivity index (χ4v) is 10.0. The summed E-state index contributed by atoms with van der Waals surface area (Å²) in [5.41, 5.74) is 10.4. The van der Waals surface area contributed by atoms with Crippen molar-refractivity contribution in [2.75, 3.05) is 100 Å². The van der Waals surface area contributed by atoms with Crippen LogP contribution >= 0.6 is 44.8 Å². The molecule has 5 unspecified atom stereocenters. The Kier molecular flexibility index (Phi) is 38.7. The number of nitrogens with two attached hydrogens (primary N) is 1. The quantitative estimate of drug-likeness (QED) is 0.0316. The number of rotatable bonds is 26. The fraction of sp³-hybridized carbons (Fsp3) is 0.576. The van der Waals surface area contributed by atoms with E-state index in [1.807, 2.05) is 78.1 Å². The summed E-state index contributed by atoms with van der Waals surface area (Å²) in [6.45, 7) is 14.3. The van der Waals surface area contributed by atoms with Crippen LogP contribution in [0.5, 0.6) is 23.0 Å². The van der Waals surface area contributed by atoms with Crippen LogP contribution in [0.3, 0.4) is 0 Å². The molecule has 4 N–H and O–H groups in total. The van der Waals surface area contributed by atoms with Crippen LogP contribution in [0.15, 0.2) is 97.1 Å². The van der Waals surface area contributed by atoms with Gasteiger partial charge in [0.05, 0.1) is 25.2 Å². The molecule has 418 valence electrons. The van der Waals surface area contributed by atoms with E-state index in [9.17, 15) is 9.90 Å². The van der Waals surface area contributed by atoms with Crippen LogP contribution in [0.4, 0.5) is 0 Å². The Bertz CT molecular complexity index is 1970. The number of nitrogens with one attached hydrogen (secondary N) is 1. The number of unbranched alkanes of at least 4 members (excludes halogenated alkanes) is 2. The number of nitrogens with zero attached hydrogens (tertiary/aromatic N) is 4. The number of ether oxygens (including phenoxy) is 3. The van der Waals surface area contributed by atoms with Gasteiger partial charge in [-0.15, -0.1) is 23.2 Å². The maximum atomic E-state index is 11.9. The number of hydrogen-bond donors (Lipinski definition) is 3. The Hall–Kier alpha value is -3.37. The summed E-state index contributed by atoms with van der Waals surface area (Å²) in [6.07, 6.45) is 9.42. The van der Waals surface area contributed by atoms with Crippen molar-refractivity contribution >= 4 is 50.7 Å². The van der Waals surface area contributed by atoms with Gasteiger partial charge in [-0.25, -0.2) is 0 Å². The van der Waals surface area contributed by atoms with Crippen molar-refractivity contribution in [3.63, 3.8) is 0 Å². The van der Waals surface area contributed by atoms with Gasteiger partial charge in [-0.3, -0.25) is 4.79 Å². The van der Waals surface area contributed by atoms with Crippen LogP contribution in [0.2, 0.25) is 0 Å². The largest absolute Gasteiger partial charge is 0.508 e. The van der Waals surface area contributed by atoms with Gasteiger partial charge in [-0.2, -0.15) is 0 Å². The van der Waals surface area contributed by atoms with Gasteiger partial charge < -0.3 is 50.0 Å². The lowest BCUT2D eigenvalue weighted by atomic mass is 10.1. The van der Waals surface area contributed by atoms with Crippen LogP contribution in [0.1, 0.15) is 139 Å². The maximum Gasteiger partial charge on any atom is 0.219 e. The highest BCUT2D eigenvalue weighted by molar-refractivity contribution is 8.77. The Labute approximate surface area is 467 Å². The molecule has 0 radical (unpaired) electrons. The molecule has 1 aliphatic rings. The zero-order valence-electron chi connectivity index (χ0n) is 47.5. The fourth-order valence-electron chi connectivity index (χ4n) is 6.98. The van der Waals surface area contributed by atoms with Crippen molar-refractivity contribution in [1.29, 1.82) is 0 Å². The summed E-state index contributed by atoms with van der Waals surface area (Å²) < 4.78 is 17.2. The van der Waals surface area contributed by atoms with Gasteiger partial charge in [0, 0.05) is 48.1 Å². The minimum atomic E-state index is 0.172. The number of halogens is 2. The van der Waals surface area contributed by atoms with E-state index in [-0.39, 0.29) is 11.2 Å². The Balaban J connectivity index is 0.000000507. The average Bonchev–Trinajstić information content (AvgIpc) is 3.91. The van der Waals surface area contributed by atoms with E-state index in [1.54, 1.807) is 12.1 Å². The summed E-state index contributed by atoms with van der Waals surface area (Å²) in [5, 5.41) is 13.2. The second-order valence-electron chi connectivity index (χ2n) is 19.3. The molecular formula is C59H96Cl2N6O5S2. The van der Waals surface area contributed by atoms with Gasteiger partial charge >= 0.3 is 0 Å². The molecule has 0 spiro atoms. The molecule has 0 saturated carbocycles. The first-order valence-corrected chi connectivity index (χ1v) is 29.8. The first kappa shape index (κ1) is 68.6. The maximum absolute atomic E-state index is 11.9. The predicted molar refractivity (Wildman–Crippen MR) is 322 cm³/mol. The van der Waals surface area contributed by atoms with E-state index in [0.29, 0.717) is 62.6 Å². The lowest BCUT2D eigenvalue weighted by Crippen LogP contribution is -2.25. The first-order valence-electron chi connectivity index (χ1n) is 26.4. The molecule has 74 heavy (non-hydrogen) atoms. The van der Waals surface area contributed by atoms with Crippen LogP contribution in [-0.4, -0.2) is 136 Å². The van der Waals surface area contributed by atoms with E-state index < -0.39 is 0 Å². The van der Waals surface area contributed by atoms with Crippen LogP contribution in [-0.2, 0) is 4.79 Å². The number of benzene rings is 4. The number of amides is 1. The molecule has 4 aromatic rings. The molecule has 1 aliphatic heterocycles. The highest BCUT2D eigenvalue weighted by atomic mass is 35.5. The number of phenols is 1. The zero-order valence-corrected chi connectivity index (χ0v) is 50.6. The highest BCUT2D eigenvalue weighted by Crippen LogP contribution is 2.40. The molecule has 1 amide bonds. The second kappa shape index (κ2) is 41.8. The summed E-state index contributed by atoms with van der Waals surface area (Å²) in [7, 11) is 20.5. The normalized spacial score (nSPS) is 14.5. The topological polar surface area (TPSA) is 116 Å². The van der Waals surface area contributed by atoms with E-state index in [4.69, 9.17) is 43.1 Å². The van der Waals surface area contributed by atoms with Gasteiger partial charge in [0.1, 0.15) is 23.0 Å². The molecule has 0 bridgehead atoms. The van der Waals surface area contributed by atoms with Crippen LogP contribution in [0.25, 0.3) is 0 Å². The summed E-state index contributed by atoms with van der Waals surface area (Å²) in [4.78, 5) is 20.6. The molecular weight excluding hydrogens is 1010 g/mol. The average molecular weight is 1100 g/mol. The molecule has 0 aromatic heterocycles. The number of alkyl halides is 2. The summed E-state index contributed by atoms with van der Waals surface area (Å²) in [6, 6.07) is 33.8. The smallest absolute Gasteiger partial charge is 0.219 e. The molecule has 1 fully saturated rings. The molecule has 4 aromatic carbocycles. The minimum absolute atomic E-state index is 0.172. The highest BCUT2D eigenvalue weighted by Gasteiger charge is 2.16. The standard InChI is InChI=1S/C21H34N2O2S2.C14H23NO.C13H22N2O.C10H15NO.CH2Cl2/c1-17(23(2)3)18-8-6-9-19(16-18)25-14-7-13-22-21(24)11-5-4-10-20-12-15-26-27-20;1-5-6-10-16-14-9-7-8-13(11-14)12(2)15(3)4;1-11(15(2)3)12-6-4-7-13(10-12)16-9-5-8-14;1-8(11(2)3)9-5-4-6-10(12)7-9;2-1-3/h6,8-9,16-17,20H,4-5,7,10-15H2,1-3H3,(H,22,24);7-9,11-12H,5-6,10H2,1-4H3;4,6-7,10-11H,5,8-9,14H2,1-3H3;4-8,12H,1-3H3;1H2. The molecule has 5 atom stereocenters. The molecule has 15 heteroatoms. The lowest BCUT2D eigenvalue weighted by molar-refractivity contribution is -0.121. The Morgan fingerprint density at radius 1 is 0.635 bits per heavy atom. The zero-order chi connectivity index (χ0) is 55.3. The number of hydrogen-bond acceptors (Lipinski definition) is 12. The molecule has 11 nitrogen and oxygen atoms in total. The van der Waals surface area contributed by atoms with E-state index in [2.05, 4.69) is 144 Å². The van der Waals surface area contributed by atoms with Gasteiger partial charge in [0.2, 0.25) is 5.91 Å². The van der Waals surface area contributed by atoms with Gasteiger partial charge in [0.15, 0.2) is 0 Å². The van der Waals surface area contributed by atoms with Crippen LogP contribution < -0.4 is 25.3 Å². The monoisotopic (exact) mass is 1100 g/mol.